The lowest BCUT2D eigenvalue weighted by Crippen LogP contribution is -2.28. The molecule has 0 fully saturated rings. The van der Waals surface area contributed by atoms with Gasteiger partial charge >= 0.3 is 12.1 Å². The molecular weight excluding hydrogens is 327 g/mol. The molecule has 0 aromatic heterocycles. The van der Waals surface area contributed by atoms with Crippen molar-refractivity contribution in [3.8, 4) is 0 Å². The van der Waals surface area contributed by atoms with E-state index in [4.69, 9.17) is 4.74 Å². The molecule has 5 nitrogen and oxygen atoms in total. The van der Waals surface area contributed by atoms with Crippen LogP contribution in [0.4, 0.5) is 13.2 Å². The largest absolute Gasteiger partial charge is 0.462 e. The van der Waals surface area contributed by atoms with Gasteiger partial charge < -0.3 is 14.7 Å². The summed E-state index contributed by atoms with van der Waals surface area (Å²) in [5.74, 6) is -1.40. The van der Waals surface area contributed by atoms with Crippen LogP contribution in [0.15, 0.2) is 18.2 Å². The second kappa shape index (κ2) is 8.14. The molecule has 0 heterocycles. The van der Waals surface area contributed by atoms with E-state index in [9.17, 15) is 27.9 Å². The van der Waals surface area contributed by atoms with Crippen LogP contribution in [0.2, 0.25) is 0 Å². The number of hydrogen-bond donors (Lipinski definition) is 1. The molecule has 0 saturated heterocycles. The molecular formula is C16H20F3NO4. The molecule has 1 aromatic carbocycles. The van der Waals surface area contributed by atoms with Crippen LogP contribution in [0.25, 0.3) is 0 Å². The maximum absolute atomic E-state index is 12.8. The van der Waals surface area contributed by atoms with E-state index in [1.807, 2.05) is 6.92 Å². The first-order chi connectivity index (χ1) is 11.1. The van der Waals surface area contributed by atoms with Gasteiger partial charge in [0.2, 0.25) is 0 Å². The number of rotatable bonds is 6. The predicted octanol–water partition coefficient (Wildman–Crippen LogP) is 2.94. The summed E-state index contributed by atoms with van der Waals surface area (Å²) in [6.45, 7) is 3.83. The van der Waals surface area contributed by atoms with Gasteiger partial charge in [0.05, 0.1) is 12.2 Å². The fraction of sp³-hybridized carbons (Fsp3) is 0.500. The van der Waals surface area contributed by atoms with Crippen molar-refractivity contribution < 1.29 is 32.6 Å². The van der Waals surface area contributed by atoms with Gasteiger partial charge in [-0.1, -0.05) is 6.92 Å². The molecule has 134 valence electrons. The maximum Gasteiger partial charge on any atom is 0.418 e. The SMILES string of the molecule is CCCN(C)C(=O)c1cc(C(=O)OCC)cc(C(O)C(F)(F)F)c1. The Kier molecular flexibility index (Phi) is 6.77. The molecule has 0 saturated carbocycles. The molecule has 0 radical (unpaired) electrons. The number of esters is 1. The van der Waals surface area contributed by atoms with Gasteiger partial charge in [-0.05, 0) is 37.1 Å². The van der Waals surface area contributed by atoms with E-state index < -0.39 is 29.7 Å². The Morgan fingerprint density at radius 2 is 1.79 bits per heavy atom. The summed E-state index contributed by atoms with van der Waals surface area (Å²) >= 11 is 0. The van der Waals surface area contributed by atoms with Crippen LogP contribution in [-0.2, 0) is 4.74 Å². The van der Waals surface area contributed by atoms with E-state index in [1.165, 1.54) is 18.0 Å². The molecule has 8 heteroatoms. The number of amides is 1. The van der Waals surface area contributed by atoms with Gasteiger partial charge in [0.15, 0.2) is 6.10 Å². The van der Waals surface area contributed by atoms with Crippen molar-refractivity contribution in [1.82, 2.24) is 4.90 Å². The first-order valence-electron chi connectivity index (χ1n) is 7.44. The molecule has 1 amide bonds. The van der Waals surface area contributed by atoms with Gasteiger partial charge in [-0.2, -0.15) is 13.2 Å². The van der Waals surface area contributed by atoms with E-state index in [1.54, 1.807) is 6.92 Å². The number of alkyl halides is 3. The number of aliphatic hydroxyl groups is 1. The van der Waals surface area contributed by atoms with Crippen molar-refractivity contribution in [1.29, 1.82) is 0 Å². The minimum Gasteiger partial charge on any atom is -0.462 e. The molecule has 0 aliphatic carbocycles. The van der Waals surface area contributed by atoms with Crippen LogP contribution in [0.1, 0.15) is 52.7 Å². The number of carbonyl (C=O) groups is 2. The highest BCUT2D eigenvalue weighted by molar-refractivity contribution is 5.98. The molecule has 0 aliphatic rings. The molecule has 1 atom stereocenters. The zero-order chi connectivity index (χ0) is 18.5. The number of halogens is 3. The summed E-state index contributed by atoms with van der Waals surface area (Å²) in [5.41, 5.74) is -0.915. The van der Waals surface area contributed by atoms with E-state index in [0.29, 0.717) is 13.0 Å². The molecule has 1 N–H and O–H groups in total. The number of aliphatic hydroxyl groups excluding tert-OH is 1. The van der Waals surface area contributed by atoms with Crippen molar-refractivity contribution in [2.45, 2.75) is 32.5 Å². The van der Waals surface area contributed by atoms with Gasteiger partial charge in [0.25, 0.3) is 5.91 Å². The predicted molar refractivity (Wildman–Crippen MR) is 80.7 cm³/mol. The Balaban J connectivity index is 3.35. The molecule has 0 spiro atoms. The maximum atomic E-state index is 12.8. The number of carbonyl (C=O) groups excluding carboxylic acids is 2. The normalized spacial score (nSPS) is 12.6. The average Bonchev–Trinajstić information content (AvgIpc) is 2.52. The summed E-state index contributed by atoms with van der Waals surface area (Å²) < 4.78 is 43.1. The summed E-state index contributed by atoms with van der Waals surface area (Å²) in [6, 6.07) is 2.99. The number of nitrogens with zero attached hydrogens (tertiary/aromatic N) is 1. The topological polar surface area (TPSA) is 66.8 Å². The summed E-state index contributed by atoms with van der Waals surface area (Å²) in [4.78, 5) is 25.5. The zero-order valence-electron chi connectivity index (χ0n) is 13.7. The fourth-order valence-corrected chi connectivity index (χ4v) is 2.11. The van der Waals surface area contributed by atoms with Crippen molar-refractivity contribution in [2.24, 2.45) is 0 Å². The summed E-state index contributed by atoms with van der Waals surface area (Å²) in [6.07, 6.45) is -7.05. The van der Waals surface area contributed by atoms with Crippen LogP contribution >= 0.6 is 0 Å². The van der Waals surface area contributed by atoms with E-state index in [0.717, 1.165) is 12.1 Å². The highest BCUT2D eigenvalue weighted by Gasteiger charge is 2.40. The number of ether oxygens (including phenoxy) is 1. The van der Waals surface area contributed by atoms with Gasteiger partial charge in [-0.25, -0.2) is 4.79 Å². The summed E-state index contributed by atoms with van der Waals surface area (Å²) in [7, 11) is 1.50. The van der Waals surface area contributed by atoms with Gasteiger partial charge in [0.1, 0.15) is 0 Å². The van der Waals surface area contributed by atoms with Crippen molar-refractivity contribution in [3.05, 3.63) is 34.9 Å². The average molecular weight is 347 g/mol. The smallest absolute Gasteiger partial charge is 0.418 e. The minimum absolute atomic E-state index is 0.0316. The van der Waals surface area contributed by atoms with Gasteiger partial charge in [-0.15, -0.1) is 0 Å². The zero-order valence-corrected chi connectivity index (χ0v) is 13.7. The third kappa shape index (κ3) is 4.95. The van der Waals surface area contributed by atoms with E-state index >= 15 is 0 Å². The van der Waals surface area contributed by atoms with Gasteiger partial charge in [0, 0.05) is 19.2 Å². The second-order valence-electron chi connectivity index (χ2n) is 5.24. The first kappa shape index (κ1) is 20.0. The monoisotopic (exact) mass is 347 g/mol. The third-order valence-electron chi connectivity index (χ3n) is 3.24. The molecule has 0 bridgehead atoms. The molecule has 0 aliphatic heterocycles. The van der Waals surface area contributed by atoms with Gasteiger partial charge in [-0.3, -0.25) is 4.79 Å². The lowest BCUT2D eigenvalue weighted by molar-refractivity contribution is -0.206. The molecule has 1 rings (SSSR count). The van der Waals surface area contributed by atoms with E-state index in [2.05, 4.69) is 0 Å². The van der Waals surface area contributed by atoms with Crippen LogP contribution in [0.3, 0.4) is 0 Å². The standard InChI is InChI=1S/C16H20F3NO4/c1-4-6-20(3)14(22)11-7-10(13(21)16(17,18)19)8-12(9-11)15(23)24-5-2/h7-9,13,21H,4-6H2,1-3H3. The Morgan fingerprint density at radius 3 is 2.29 bits per heavy atom. The Bertz CT molecular complexity index is 601. The molecule has 1 aromatic rings. The first-order valence-corrected chi connectivity index (χ1v) is 7.44. The van der Waals surface area contributed by atoms with Crippen molar-refractivity contribution in [2.75, 3.05) is 20.2 Å². The molecule has 1 unspecified atom stereocenters. The lowest BCUT2D eigenvalue weighted by Gasteiger charge is -2.19. The molecule has 24 heavy (non-hydrogen) atoms. The van der Waals surface area contributed by atoms with E-state index in [-0.39, 0.29) is 17.7 Å². The summed E-state index contributed by atoms with van der Waals surface area (Å²) in [5, 5.41) is 9.44. The van der Waals surface area contributed by atoms with Crippen LogP contribution in [0.5, 0.6) is 0 Å². The van der Waals surface area contributed by atoms with Crippen LogP contribution < -0.4 is 0 Å². The second-order valence-corrected chi connectivity index (χ2v) is 5.24. The quantitative estimate of drug-likeness (QED) is 0.804. The Hall–Kier alpha value is -2.09. The number of hydrogen-bond acceptors (Lipinski definition) is 4. The highest BCUT2D eigenvalue weighted by Crippen LogP contribution is 2.33. The Morgan fingerprint density at radius 1 is 1.21 bits per heavy atom. The van der Waals surface area contributed by atoms with Crippen molar-refractivity contribution in [3.63, 3.8) is 0 Å². The fourth-order valence-electron chi connectivity index (χ4n) is 2.11. The minimum atomic E-state index is -4.91. The lowest BCUT2D eigenvalue weighted by atomic mass is 10.0. The third-order valence-corrected chi connectivity index (χ3v) is 3.24. The van der Waals surface area contributed by atoms with Crippen molar-refractivity contribution >= 4 is 11.9 Å². The number of benzene rings is 1. The van der Waals surface area contributed by atoms with Crippen LogP contribution in [-0.4, -0.2) is 48.3 Å². The van der Waals surface area contributed by atoms with Crippen LogP contribution in [0, 0.1) is 0 Å². The Labute approximate surface area is 138 Å². The highest BCUT2D eigenvalue weighted by atomic mass is 19.4.